The summed E-state index contributed by atoms with van der Waals surface area (Å²) in [6.07, 6.45) is 1.79. The molecule has 2 aromatic carbocycles. The molecule has 0 N–H and O–H groups in total. The second kappa shape index (κ2) is 6.23. The quantitative estimate of drug-likeness (QED) is 0.479. The highest BCUT2D eigenvalue weighted by Gasteiger charge is 2.12. The summed E-state index contributed by atoms with van der Waals surface area (Å²) >= 11 is 7.56. The molecule has 0 aliphatic rings. The van der Waals surface area contributed by atoms with Crippen LogP contribution in [0.5, 0.6) is 0 Å². The van der Waals surface area contributed by atoms with Gasteiger partial charge in [0.1, 0.15) is 0 Å². The average molecular weight is 352 g/mol. The van der Waals surface area contributed by atoms with Crippen LogP contribution in [-0.4, -0.2) is 14.8 Å². The third-order valence-electron chi connectivity index (χ3n) is 3.80. The third-order valence-corrected chi connectivity index (χ3v) is 4.87. The van der Waals surface area contributed by atoms with E-state index in [1.165, 1.54) is 5.56 Å². The van der Waals surface area contributed by atoms with Gasteiger partial charge < -0.3 is 0 Å². The summed E-state index contributed by atoms with van der Waals surface area (Å²) in [6.45, 7) is 2.08. The second-order valence-corrected chi connectivity index (χ2v) is 6.79. The number of rotatable bonds is 3. The predicted octanol–water partition coefficient (Wildman–Crippen LogP) is 5.62. The molecule has 0 aliphatic heterocycles. The number of aryl methyl sites for hydroxylation is 1. The Kier molecular flexibility index (Phi) is 3.92. The van der Waals surface area contributed by atoms with Gasteiger partial charge in [0.05, 0.1) is 17.6 Å². The van der Waals surface area contributed by atoms with Crippen molar-refractivity contribution in [3.05, 3.63) is 76.8 Å². The van der Waals surface area contributed by atoms with Gasteiger partial charge in [0, 0.05) is 21.5 Å². The van der Waals surface area contributed by atoms with Gasteiger partial charge in [-0.15, -0.1) is 11.3 Å². The smallest absolute Gasteiger partial charge is 0.211 e. The summed E-state index contributed by atoms with van der Waals surface area (Å²) in [5, 5.41) is 8.07. The van der Waals surface area contributed by atoms with Crippen LogP contribution in [0.4, 0.5) is 0 Å². The number of hydrogen-bond donors (Lipinski definition) is 0. The fourth-order valence-corrected chi connectivity index (χ4v) is 3.44. The summed E-state index contributed by atoms with van der Waals surface area (Å²) in [6, 6.07) is 18.1. The third kappa shape index (κ3) is 2.86. The van der Waals surface area contributed by atoms with Gasteiger partial charge in [-0.1, -0.05) is 53.6 Å². The molecule has 0 saturated heterocycles. The van der Waals surface area contributed by atoms with Gasteiger partial charge in [-0.3, -0.25) is 0 Å². The lowest BCUT2D eigenvalue weighted by Gasteiger charge is -2.04. The van der Waals surface area contributed by atoms with Crippen molar-refractivity contribution in [2.24, 2.45) is 0 Å². The molecule has 0 aliphatic carbocycles. The molecule has 0 radical (unpaired) electrons. The molecule has 0 saturated carbocycles. The van der Waals surface area contributed by atoms with E-state index in [2.05, 4.69) is 41.7 Å². The Hall–Kier alpha value is -2.43. The van der Waals surface area contributed by atoms with Gasteiger partial charge in [0.25, 0.3) is 0 Å². The van der Waals surface area contributed by atoms with E-state index in [0.29, 0.717) is 0 Å². The fraction of sp³-hybridized carbons (Fsp3) is 0.0526. The standard InChI is InChI=1S/C19H14ClN3S/c1-13-2-4-14(5-3-13)17-12-24-19(22-17)23-18(10-11-21-23)15-6-8-16(20)9-7-15/h2-12H,1H3. The van der Waals surface area contributed by atoms with Crippen LogP contribution < -0.4 is 0 Å². The molecule has 0 atom stereocenters. The fourth-order valence-electron chi connectivity index (χ4n) is 2.51. The number of nitrogens with zero attached hydrogens (tertiary/aromatic N) is 3. The van der Waals surface area contributed by atoms with Gasteiger partial charge in [-0.25, -0.2) is 9.67 Å². The van der Waals surface area contributed by atoms with Gasteiger partial charge in [0.15, 0.2) is 0 Å². The van der Waals surface area contributed by atoms with Crippen LogP contribution in [0.3, 0.4) is 0 Å². The largest absolute Gasteiger partial charge is 0.218 e. The number of halogens is 1. The minimum absolute atomic E-state index is 0.723. The maximum Gasteiger partial charge on any atom is 0.211 e. The van der Waals surface area contributed by atoms with Crippen molar-refractivity contribution in [3.8, 4) is 27.6 Å². The van der Waals surface area contributed by atoms with Gasteiger partial charge in [-0.2, -0.15) is 5.10 Å². The molecule has 0 unspecified atom stereocenters. The summed E-state index contributed by atoms with van der Waals surface area (Å²) in [7, 11) is 0. The first-order valence-corrected chi connectivity index (χ1v) is 8.79. The maximum atomic E-state index is 5.98. The minimum Gasteiger partial charge on any atom is -0.218 e. The highest BCUT2D eigenvalue weighted by Crippen LogP contribution is 2.28. The molecule has 0 spiro atoms. The molecule has 4 rings (SSSR count). The van der Waals surface area contributed by atoms with E-state index in [1.54, 1.807) is 17.5 Å². The van der Waals surface area contributed by atoms with Crippen LogP contribution in [0.1, 0.15) is 5.56 Å². The lowest BCUT2D eigenvalue weighted by Crippen LogP contribution is -1.98. The zero-order valence-corrected chi connectivity index (χ0v) is 14.6. The highest BCUT2D eigenvalue weighted by molar-refractivity contribution is 7.12. The van der Waals surface area contributed by atoms with Crippen molar-refractivity contribution < 1.29 is 0 Å². The van der Waals surface area contributed by atoms with E-state index in [4.69, 9.17) is 16.6 Å². The minimum atomic E-state index is 0.723. The summed E-state index contributed by atoms with van der Waals surface area (Å²) < 4.78 is 1.87. The summed E-state index contributed by atoms with van der Waals surface area (Å²) in [5.74, 6) is 0. The van der Waals surface area contributed by atoms with Crippen molar-refractivity contribution in [1.29, 1.82) is 0 Å². The molecular weight excluding hydrogens is 338 g/mol. The zero-order chi connectivity index (χ0) is 16.5. The van der Waals surface area contributed by atoms with E-state index in [0.717, 1.165) is 32.7 Å². The summed E-state index contributed by atoms with van der Waals surface area (Å²) in [5.41, 5.74) is 5.38. The van der Waals surface area contributed by atoms with Gasteiger partial charge in [-0.05, 0) is 25.1 Å². The Morgan fingerprint density at radius 1 is 0.917 bits per heavy atom. The number of thiazole rings is 1. The molecule has 2 heterocycles. The Morgan fingerprint density at radius 2 is 1.62 bits per heavy atom. The average Bonchev–Trinajstić information content (AvgIpc) is 3.25. The number of hydrogen-bond acceptors (Lipinski definition) is 3. The molecule has 0 amide bonds. The molecule has 5 heteroatoms. The maximum absolute atomic E-state index is 5.98. The Labute approximate surface area is 149 Å². The van der Waals surface area contributed by atoms with Crippen LogP contribution in [0.15, 0.2) is 66.2 Å². The molecule has 4 aromatic rings. The van der Waals surface area contributed by atoms with E-state index >= 15 is 0 Å². The molecule has 0 fully saturated rings. The number of aromatic nitrogens is 3. The number of benzene rings is 2. The monoisotopic (exact) mass is 351 g/mol. The topological polar surface area (TPSA) is 30.7 Å². The van der Waals surface area contributed by atoms with E-state index in [-0.39, 0.29) is 0 Å². The lowest BCUT2D eigenvalue weighted by atomic mass is 10.1. The van der Waals surface area contributed by atoms with Crippen LogP contribution in [0, 0.1) is 6.92 Å². The van der Waals surface area contributed by atoms with E-state index in [1.807, 2.05) is 35.0 Å². The normalized spacial score (nSPS) is 10.9. The van der Waals surface area contributed by atoms with Crippen molar-refractivity contribution in [2.45, 2.75) is 6.92 Å². The van der Waals surface area contributed by atoms with Crippen molar-refractivity contribution in [2.75, 3.05) is 0 Å². The predicted molar refractivity (Wildman–Crippen MR) is 99.9 cm³/mol. The zero-order valence-electron chi connectivity index (χ0n) is 13.0. The van der Waals surface area contributed by atoms with E-state index in [9.17, 15) is 0 Å². The van der Waals surface area contributed by atoms with Crippen molar-refractivity contribution >= 4 is 22.9 Å². The van der Waals surface area contributed by atoms with Gasteiger partial charge >= 0.3 is 0 Å². The second-order valence-electron chi connectivity index (χ2n) is 5.52. The first-order valence-electron chi connectivity index (χ1n) is 7.53. The van der Waals surface area contributed by atoms with Crippen LogP contribution in [0.25, 0.3) is 27.6 Å². The van der Waals surface area contributed by atoms with Crippen molar-refractivity contribution in [1.82, 2.24) is 14.8 Å². The molecule has 24 heavy (non-hydrogen) atoms. The SMILES string of the molecule is Cc1ccc(-c2csc(-n3nccc3-c3ccc(Cl)cc3)n2)cc1. The molecule has 2 aromatic heterocycles. The molecule has 0 bridgehead atoms. The van der Waals surface area contributed by atoms with Crippen LogP contribution in [-0.2, 0) is 0 Å². The van der Waals surface area contributed by atoms with Crippen LogP contribution >= 0.6 is 22.9 Å². The highest BCUT2D eigenvalue weighted by atomic mass is 35.5. The Balaban J connectivity index is 1.72. The van der Waals surface area contributed by atoms with E-state index < -0.39 is 0 Å². The molecular formula is C19H14ClN3S. The Morgan fingerprint density at radius 3 is 2.38 bits per heavy atom. The first kappa shape index (κ1) is 15.1. The summed E-state index contributed by atoms with van der Waals surface area (Å²) in [4.78, 5) is 4.75. The lowest BCUT2D eigenvalue weighted by molar-refractivity contribution is 0.878. The molecule has 118 valence electrons. The van der Waals surface area contributed by atoms with Crippen LogP contribution in [0.2, 0.25) is 5.02 Å². The van der Waals surface area contributed by atoms with Gasteiger partial charge in [0.2, 0.25) is 5.13 Å². The molecule has 3 nitrogen and oxygen atoms in total. The Bertz CT molecular complexity index is 969. The first-order chi connectivity index (χ1) is 11.7. The van der Waals surface area contributed by atoms with Crippen molar-refractivity contribution in [3.63, 3.8) is 0 Å².